The summed E-state index contributed by atoms with van der Waals surface area (Å²) in [4.78, 5) is 66.1. The molecule has 0 heterocycles. The van der Waals surface area contributed by atoms with Crippen molar-refractivity contribution in [2.24, 2.45) is 0 Å². The molecule has 0 saturated heterocycles. The lowest BCUT2D eigenvalue weighted by atomic mass is 9.79. The number of phenolic OH excluding ortho intramolecular Hbond substituents is 6. The van der Waals surface area contributed by atoms with E-state index < -0.39 is 89.6 Å². The van der Waals surface area contributed by atoms with E-state index in [1.165, 1.54) is 85.0 Å². The molecule has 304 valence electrons. The summed E-state index contributed by atoms with van der Waals surface area (Å²) in [7, 11) is 0. The SMILES string of the molecule is O=C(/C=C\c1ccc(O)c(O)c1)OC1[C@H](OC(=O)/C=C/c2ccc(O)cc2)CC(OC(=O)/C=C/c2ccc(O)cc2)(C(=O)O)C[C@H]1OC(=O)/C=C/c1ccc(O)c(O)c1. The van der Waals surface area contributed by atoms with Crippen molar-refractivity contribution < 1.29 is 78.7 Å². The third kappa shape index (κ3) is 11.7. The monoisotopic (exact) mass is 808 g/mol. The molecule has 4 atom stereocenters. The number of hydrogen-bond donors (Lipinski definition) is 7. The van der Waals surface area contributed by atoms with Crippen molar-refractivity contribution in [2.45, 2.75) is 36.8 Å². The Hall–Kier alpha value is -8.01. The van der Waals surface area contributed by atoms with Crippen molar-refractivity contribution in [1.82, 2.24) is 0 Å². The number of esters is 4. The average molecular weight is 809 g/mol. The van der Waals surface area contributed by atoms with Crippen molar-refractivity contribution in [3.05, 3.63) is 131 Å². The number of hydrogen-bond acceptors (Lipinski definition) is 15. The molecule has 0 aromatic heterocycles. The molecule has 1 saturated carbocycles. The van der Waals surface area contributed by atoms with Crippen LogP contribution in [0.5, 0.6) is 34.5 Å². The molecule has 5 rings (SSSR count). The largest absolute Gasteiger partial charge is 0.508 e. The van der Waals surface area contributed by atoms with Crippen LogP contribution in [0.4, 0.5) is 0 Å². The van der Waals surface area contributed by atoms with Gasteiger partial charge in [0.2, 0.25) is 5.60 Å². The predicted octanol–water partition coefficient (Wildman–Crippen LogP) is 4.97. The highest BCUT2D eigenvalue weighted by Gasteiger charge is 2.57. The first-order valence-corrected chi connectivity index (χ1v) is 17.5. The Morgan fingerprint density at radius 1 is 0.475 bits per heavy atom. The van der Waals surface area contributed by atoms with Gasteiger partial charge in [-0.25, -0.2) is 24.0 Å². The predicted molar refractivity (Wildman–Crippen MR) is 207 cm³/mol. The minimum absolute atomic E-state index is 0.0398. The Kier molecular flexibility index (Phi) is 13.4. The first-order valence-electron chi connectivity index (χ1n) is 17.5. The van der Waals surface area contributed by atoms with Crippen LogP contribution in [0.2, 0.25) is 0 Å². The minimum Gasteiger partial charge on any atom is -0.508 e. The molecule has 7 N–H and O–H groups in total. The second-order valence-electron chi connectivity index (χ2n) is 13.0. The van der Waals surface area contributed by atoms with E-state index in [0.717, 1.165) is 48.6 Å². The highest BCUT2D eigenvalue weighted by Crippen LogP contribution is 2.38. The van der Waals surface area contributed by atoms with Gasteiger partial charge in [0, 0.05) is 37.1 Å². The molecule has 0 radical (unpaired) electrons. The number of ether oxygens (including phenoxy) is 4. The summed E-state index contributed by atoms with van der Waals surface area (Å²) in [5.74, 6) is -8.17. The molecule has 16 nitrogen and oxygen atoms in total. The van der Waals surface area contributed by atoms with Gasteiger partial charge in [-0.1, -0.05) is 36.4 Å². The molecule has 0 spiro atoms. The molecule has 0 aliphatic heterocycles. The zero-order valence-corrected chi connectivity index (χ0v) is 30.7. The summed E-state index contributed by atoms with van der Waals surface area (Å²) in [6.07, 6.45) is 1.70. The average Bonchev–Trinajstić information content (AvgIpc) is 3.19. The van der Waals surface area contributed by atoms with Gasteiger partial charge >= 0.3 is 29.8 Å². The van der Waals surface area contributed by atoms with Gasteiger partial charge < -0.3 is 54.7 Å². The Bertz CT molecular complexity index is 2320. The number of carboxylic acid groups (broad SMARTS) is 1. The summed E-state index contributed by atoms with van der Waals surface area (Å²) >= 11 is 0. The maximum atomic E-state index is 13.3. The molecular formula is C43H36O16. The zero-order valence-electron chi connectivity index (χ0n) is 30.7. The fraction of sp³-hybridized carbons (Fsp3) is 0.140. The summed E-state index contributed by atoms with van der Waals surface area (Å²) < 4.78 is 22.4. The van der Waals surface area contributed by atoms with Crippen molar-refractivity contribution in [2.75, 3.05) is 0 Å². The second kappa shape index (κ2) is 18.8. The number of aromatic hydroxyl groups is 6. The highest BCUT2D eigenvalue weighted by molar-refractivity contribution is 5.92. The van der Waals surface area contributed by atoms with Gasteiger partial charge in [0.15, 0.2) is 29.1 Å². The number of carbonyl (C=O) groups excluding carboxylic acids is 4. The topological polar surface area (TPSA) is 264 Å². The van der Waals surface area contributed by atoms with Crippen LogP contribution in [0.3, 0.4) is 0 Å². The highest BCUT2D eigenvalue weighted by atomic mass is 16.6. The lowest BCUT2D eigenvalue weighted by Crippen LogP contribution is -2.60. The minimum atomic E-state index is -2.57. The van der Waals surface area contributed by atoms with E-state index in [4.69, 9.17) is 18.9 Å². The Balaban J connectivity index is 1.50. The Morgan fingerprint density at radius 3 is 1.22 bits per heavy atom. The van der Waals surface area contributed by atoms with Crippen LogP contribution in [0, 0.1) is 0 Å². The molecule has 1 fully saturated rings. The normalized spacial score (nSPS) is 19.2. The zero-order chi connectivity index (χ0) is 42.7. The molecular weight excluding hydrogens is 772 g/mol. The maximum absolute atomic E-state index is 13.3. The molecule has 4 aromatic rings. The molecule has 0 bridgehead atoms. The first-order chi connectivity index (χ1) is 28.1. The van der Waals surface area contributed by atoms with Crippen molar-refractivity contribution in [3.8, 4) is 34.5 Å². The number of aliphatic carboxylic acids is 1. The lowest BCUT2D eigenvalue weighted by Gasteiger charge is -2.43. The van der Waals surface area contributed by atoms with Crippen LogP contribution in [0.25, 0.3) is 24.3 Å². The number of rotatable bonds is 13. The molecule has 59 heavy (non-hydrogen) atoms. The van der Waals surface area contributed by atoms with Crippen LogP contribution in [-0.2, 0) is 42.9 Å². The van der Waals surface area contributed by atoms with Crippen LogP contribution in [0.15, 0.2) is 109 Å². The summed E-state index contributed by atoms with van der Waals surface area (Å²) in [5, 5.41) is 68.7. The molecule has 1 aliphatic carbocycles. The van der Waals surface area contributed by atoms with E-state index in [0.29, 0.717) is 11.1 Å². The van der Waals surface area contributed by atoms with E-state index in [2.05, 4.69) is 0 Å². The summed E-state index contributed by atoms with van der Waals surface area (Å²) in [5.41, 5.74) is -1.21. The van der Waals surface area contributed by atoms with Crippen molar-refractivity contribution in [1.29, 1.82) is 0 Å². The third-order valence-electron chi connectivity index (χ3n) is 8.70. The smallest absolute Gasteiger partial charge is 0.348 e. The van der Waals surface area contributed by atoms with Gasteiger partial charge in [0.05, 0.1) is 0 Å². The molecule has 1 aliphatic rings. The van der Waals surface area contributed by atoms with Gasteiger partial charge in [-0.3, -0.25) is 0 Å². The molecule has 0 amide bonds. The second-order valence-corrected chi connectivity index (χ2v) is 13.0. The Labute approximate surface area is 335 Å². The van der Waals surface area contributed by atoms with Gasteiger partial charge in [0.1, 0.15) is 23.7 Å². The van der Waals surface area contributed by atoms with Crippen LogP contribution in [-0.4, -0.2) is 89.5 Å². The van der Waals surface area contributed by atoms with E-state index in [-0.39, 0.29) is 22.6 Å². The first kappa shape index (κ1) is 42.1. The van der Waals surface area contributed by atoms with Crippen molar-refractivity contribution in [3.63, 3.8) is 0 Å². The standard InChI is InChI=1S/C43H36O16/c44-29-11-1-25(2-12-29)7-17-37(50)56-35-23-43(42(54)55,59-40(53)20-8-26-3-13-30(45)14-4-26)24-36(57-38(51)18-9-27-5-15-31(46)33(48)21-27)41(35)58-39(52)19-10-28-6-16-32(47)34(49)22-28/h1-22,35-36,41,44-49H,23-24H2,(H,54,55)/b17-7+,18-9+,19-10-,20-8+/t35-,36-,41?,43?/m1/s1. The lowest BCUT2D eigenvalue weighted by molar-refractivity contribution is -0.217. The quantitative estimate of drug-likeness (QED) is 0.0407. The number of benzene rings is 4. The number of phenols is 6. The van der Waals surface area contributed by atoms with Gasteiger partial charge in [-0.05, 0) is 95.1 Å². The van der Waals surface area contributed by atoms with Crippen LogP contribution >= 0.6 is 0 Å². The van der Waals surface area contributed by atoms with Crippen LogP contribution in [0.1, 0.15) is 35.1 Å². The summed E-state index contributed by atoms with van der Waals surface area (Å²) in [6.45, 7) is 0. The van der Waals surface area contributed by atoms with Gasteiger partial charge in [0.25, 0.3) is 0 Å². The van der Waals surface area contributed by atoms with E-state index in [1.54, 1.807) is 0 Å². The van der Waals surface area contributed by atoms with E-state index in [9.17, 15) is 59.7 Å². The van der Waals surface area contributed by atoms with Crippen molar-refractivity contribution >= 4 is 54.2 Å². The van der Waals surface area contributed by atoms with Gasteiger partial charge in [-0.15, -0.1) is 0 Å². The molecule has 2 unspecified atom stereocenters. The van der Waals surface area contributed by atoms with E-state index in [1.807, 2.05) is 0 Å². The molecule has 16 heteroatoms. The fourth-order valence-corrected chi connectivity index (χ4v) is 5.77. The van der Waals surface area contributed by atoms with Gasteiger partial charge in [-0.2, -0.15) is 0 Å². The number of carbonyl (C=O) groups is 5. The van der Waals surface area contributed by atoms with E-state index >= 15 is 0 Å². The number of carboxylic acids is 1. The summed E-state index contributed by atoms with van der Waals surface area (Å²) in [6, 6.07) is 18.6. The Morgan fingerprint density at radius 2 is 0.831 bits per heavy atom. The third-order valence-corrected chi connectivity index (χ3v) is 8.70. The molecule has 4 aromatic carbocycles. The van der Waals surface area contributed by atoms with Crippen LogP contribution < -0.4 is 0 Å². The maximum Gasteiger partial charge on any atom is 0.348 e. The fourth-order valence-electron chi connectivity index (χ4n) is 5.77.